The van der Waals surface area contributed by atoms with Crippen molar-refractivity contribution in [1.29, 1.82) is 0 Å². The maximum absolute atomic E-state index is 12.0. The second kappa shape index (κ2) is 6.45. The summed E-state index contributed by atoms with van der Waals surface area (Å²) in [4.78, 5) is 46.3. The summed E-state index contributed by atoms with van der Waals surface area (Å²) in [6.07, 6.45) is 1.18. The van der Waals surface area contributed by atoms with Gasteiger partial charge in [0, 0.05) is 24.7 Å². The Balaban J connectivity index is 1.97. The Morgan fingerprint density at radius 3 is 2.65 bits per heavy atom. The minimum absolute atomic E-state index is 0.142. The Bertz CT molecular complexity index is 994. The van der Waals surface area contributed by atoms with Crippen molar-refractivity contribution in [3.63, 3.8) is 0 Å². The van der Waals surface area contributed by atoms with E-state index in [-0.39, 0.29) is 33.4 Å². The van der Waals surface area contributed by atoms with Gasteiger partial charge in [0.15, 0.2) is 0 Å². The molecule has 1 saturated heterocycles. The first-order chi connectivity index (χ1) is 12.3. The highest BCUT2D eigenvalue weighted by Gasteiger charge is 2.33. The van der Waals surface area contributed by atoms with E-state index in [2.05, 4.69) is 0 Å². The van der Waals surface area contributed by atoms with Crippen molar-refractivity contribution in [2.75, 3.05) is 7.05 Å². The molecule has 1 aromatic heterocycles. The third kappa shape index (κ3) is 3.07. The molecule has 0 atom stereocenters. The SMILES string of the molecule is CN1C(=O)NC(=O)/C(=C/c2ccc(-c3cc([N+](=O)[O-])ccc3Cl)o2)C1=O. The predicted molar refractivity (Wildman–Crippen MR) is 90.1 cm³/mol. The summed E-state index contributed by atoms with van der Waals surface area (Å²) >= 11 is 6.06. The van der Waals surface area contributed by atoms with Gasteiger partial charge >= 0.3 is 6.03 Å². The molecule has 1 aliphatic rings. The molecule has 1 N–H and O–H groups in total. The number of furan rings is 1. The summed E-state index contributed by atoms with van der Waals surface area (Å²) in [6, 6.07) is 6.03. The first-order valence-electron chi connectivity index (χ1n) is 7.17. The molecule has 26 heavy (non-hydrogen) atoms. The van der Waals surface area contributed by atoms with Gasteiger partial charge in [0.2, 0.25) is 0 Å². The number of carbonyl (C=O) groups is 3. The van der Waals surface area contributed by atoms with Crippen LogP contribution in [0.15, 0.2) is 40.3 Å². The van der Waals surface area contributed by atoms with Crippen molar-refractivity contribution < 1.29 is 23.7 Å². The van der Waals surface area contributed by atoms with Crippen molar-refractivity contribution in [3.8, 4) is 11.3 Å². The maximum Gasteiger partial charge on any atom is 0.331 e. The minimum atomic E-state index is -0.843. The number of rotatable bonds is 3. The number of hydrogen-bond acceptors (Lipinski definition) is 6. The third-order valence-electron chi connectivity index (χ3n) is 3.64. The zero-order valence-corrected chi connectivity index (χ0v) is 13.9. The van der Waals surface area contributed by atoms with Crippen molar-refractivity contribution in [2.45, 2.75) is 0 Å². The predicted octanol–water partition coefficient (Wildman–Crippen LogP) is 2.60. The molecule has 0 aliphatic carbocycles. The fraction of sp³-hybridized carbons (Fsp3) is 0.0625. The van der Waals surface area contributed by atoms with E-state index in [1.54, 1.807) is 0 Å². The molecule has 0 bridgehead atoms. The van der Waals surface area contributed by atoms with Gasteiger partial charge in [0.1, 0.15) is 17.1 Å². The molecule has 3 rings (SSSR count). The van der Waals surface area contributed by atoms with Gasteiger partial charge in [0.05, 0.1) is 9.95 Å². The lowest BCUT2D eigenvalue weighted by Gasteiger charge is -2.21. The third-order valence-corrected chi connectivity index (χ3v) is 3.97. The zero-order valence-electron chi connectivity index (χ0n) is 13.2. The Morgan fingerprint density at radius 2 is 1.96 bits per heavy atom. The number of nitrogens with zero attached hydrogens (tertiary/aromatic N) is 2. The number of amides is 4. The number of barbiturate groups is 1. The van der Waals surface area contributed by atoms with E-state index < -0.39 is 22.8 Å². The monoisotopic (exact) mass is 375 g/mol. The van der Waals surface area contributed by atoms with Gasteiger partial charge in [-0.25, -0.2) is 4.79 Å². The molecule has 1 aliphatic heterocycles. The summed E-state index contributed by atoms with van der Waals surface area (Å²) in [5.41, 5.74) is -0.155. The molecule has 0 unspecified atom stereocenters. The lowest BCUT2D eigenvalue weighted by atomic mass is 10.1. The smallest absolute Gasteiger partial charge is 0.331 e. The van der Waals surface area contributed by atoms with E-state index in [1.165, 1.54) is 43.5 Å². The normalized spacial score (nSPS) is 16.2. The van der Waals surface area contributed by atoms with E-state index >= 15 is 0 Å². The number of halogens is 1. The summed E-state index contributed by atoms with van der Waals surface area (Å²) in [5.74, 6) is -1.25. The van der Waals surface area contributed by atoms with Crippen LogP contribution in [0.1, 0.15) is 5.76 Å². The molecule has 0 spiro atoms. The Labute approximate surface area is 151 Å². The van der Waals surface area contributed by atoms with Crippen LogP contribution in [-0.4, -0.2) is 34.7 Å². The van der Waals surface area contributed by atoms with Crippen LogP contribution in [0.2, 0.25) is 5.02 Å². The summed E-state index contributed by atoms with van der Waals surface area (Å²) < 4.78 is 5.53. The number of hydrogen-bond donors (Lipinski definition) is 1. The van der Waals surface area contributed by atoms with Crippen LogP contribution < -0.4 is 5.32 Å². The van der Waals surface area contributed by atoms with E-state index in [0.29, 0.717) is 0 Å². The minimum Gasteiger partial charge on any atom is -0.457 e. The van der Waals surface area contributed by atoms with Crippen molar-refractivity contribution >= 4 is 41.2 Å². The second-order valence-corrected chi connectivity index (χ2v) is 5.71. The Kier molecular flexibility index (Phi) is 4.31. The highest BCUT2D eigenvalue weighted by molar-refractivity contribution is 6.33. The number of non-ortho nitro benzene ring substituents is 1. The number of urea groups is 1. The number of carbonyl (C=O) groups excluding carboxylic acids is 3. The van der Waals surface area contributed by atoms with Crippen LogP contribution in [0.5, 0.6) is 0 Å². The van der Waals surface area contributed by atoms with E-state index in [9.17, 15) is 24.5 Å². The highest BCUT2D eigenvalue weighted by atomic mass is 35.5. The van der Waals surface area contributed by atoms with Gasteiger partial charge in [-0.15, -0.1) is 0 Å². The first kappa shape index (κ1) is 17.4. The largest absolute Gasteiger partial charge is 0.457 e. The van der Waals surface area contributed by atoms with Crippen LogP contribution >= 0.6 is 11.6 Å². The molecule has 1 aromatic carbocycles. The molecule has 4 amide bonds. The quantitative estimate of drug-likeness (QED) is 0.380. The van der Waals surface area contributed by atoms with Gasteiger partial charge in [-0.3, -0.25) is 29.9 Å². The standard InChI is InChI=1S/C16H10ClN3O6/c1-19-15(22)11(14(21)18-16(19)23)7-9-3-5-13(26-9)10-6-8(20(24)25)2-4-12(10)17/h2-7H,1H3,(H,18,21,23)/b11-7-. The van der Waals surface area contributed by atoms with Crippen LogP contribution in [0.25, 0.3) is 17.4 Å². The molecule has 132 valence electrons. The number of imide groups is 2. The lowest BCUT2D eigenvalue weighted by molar-refractivity contribution is -0.384. The van der Waals surface area contributed by atoms with Gasteiger partial charge in [0.25, 0.3) is 17.5 Å². The van der Waals surface area contributed by atoms with Crippen molar-refractivity contribution in [1.82, 2.24) is 10.2 Å². The number of nitrogens with one attached hydrogen (secondary N) is 1. The fourth-order valence-corrected chi connectivity index (χ4v) is 2.49. The maximum atomic E-state index is 12.0. The summed E-state index contributed by atoms with van der Waals surface area (Å²) in [5, 5.41) is 13.2. The molecule has 0 saturated carbocycles. The van der Waals surface area contributed by atoms with Gasteiger partial charge < -0.3 is 4.42 Å². The van der Waals surface area contributed by atoms with Crippen LogP contribution in [0, 0.1) is 10.1 Å². The first-order valence-corrected chi connectivity index (χ1v) is 7.55. The molecule has 9 nitrogen and oxygen atoms in total. The van der Waals surface area contributed by atoms with E-state index in [0.717, 1.165) is 4.90 Å². The molecule has 0 radical (unpaired) electrons. The summed E-state index contributed by atoms with van der Waals surface area (Å²) in [6.45, 7) is 0. The van der Waals surface area contributed by atoms with E-state index in [1.807, 2.05) is 5.32 Å². The lowest BCUT2D eigenvalue weighted by Crippen LogP contribution is -2.52. The van der Waals surface area contributed by atoms with Gasteiger partial charge in [-0.05, 0) is 24.3 Å². The average molecular weight is 376 g/mol. The highest BCUT2D eigenvalue weighted by Crippen LogP contribution is 2.33. The van der Waals surface area contributed by atoms with Gasteiger partial charge in [-0.2, -0.15) is 0 Å². The topological polar surface area (TPSA) is 123 Å². The average Bonchev–Trinajstić information content (AvgIpc) is 3.05. The van der Waals surface area contributed by atoms with Crippen LogP contribution in [0.4, 0.5) is 10.5 Å². The number of likely N-dealkylation sites (N-methyl/N-ethyl adjacent to an activating group) is 1. The van der Waals surface area contributed by atoms with Crippen LogP contribution in [0.3, 0.4) is 0 Å². The molecule has 1 fully saturated rings. The number of nitro benzene ring substituents is 1. The Morgan fingerprint density at radius 1 is 1.23 bits per heavy atom. The molecule has 10 heteroatoms. The fourth-order valence-electron chi connectivity index (χ4n) is 2.28. The summed E-state index contributed by atoms with van der Waals surface area (Å²) in [7, 11) is 1.23. The molecule has 2 aromatic rings. The zero-order chi connectivity index (χ0) is 19.0. The molecular formula is C16H10ClN3O6. The van der Waals surface area contributed by atoms with E-state index in [4.69, 9.17) is 16.0 Å². The Hall–Kier alpha value is -3.46. The van der Waals surface area contributed by atoms with Gasteiger partial charge in [-0.1, -0.05) is 11.6 Å². The second-order valence-electron chi connectivity index (χ2n) is 5.30. The number of benzene rings is 1. The van der Waals surface area contributed by atoms with Crippen molar-refractivity contribution in [3.05, 3.63) is 56.8 Å². The van der Waals surface area contributed by atoms with Crippen LogP contribution in [-0.2, 0) is 9.59 Å². The number of nitro groups is 1. The molecular weight excluding hydrogens is 366 g/mol. The molecule has 2 heterocycles. The van der Waals surface area contributed by atoms with Crippen molar-refractivity contribution in [2.24, 2.45) is 0 Å².